The SMILES string of the molecule is C[Si](C)=[Ti+2]([C]1=C([Si](C)(C)C)C=CC1)[CH]1C=Cc2ccccc21.[Cl-].[Cl-]. The number of benzene rings is 1. The minimum absolute atomic E-state index is 0. The van der Waals surface area contributed by atoms with Gasteiger partial charge in [-0.2, -0.15) is 0 Å². The van der Waals surface area contributed by atoms with E-state index in [0.29, 0.717) is 0 Å². The Kier molecular flexibility index (Phi) is 8.05. The van der Waals surface area contributed by atoms with E-state index in [0.717, 1.165) is 4.22 Å². The molecule has 5 heteroatoms. The van der Waals surface area contributed by atoms with Crippen molar-refractivity contribution in [3.63, 3.8) is 0 Å². The average Bonchev–Trinajstić information content (AvgIpc) is 3.06. The number of fused-ring (bicyclic) bond motifs is 1. The van der Waals surface area contributed by atoms with E-state index in [9.17, 15) is 0 Å². The van der Waals surface area contributed by atoms with E-state index in [-0.39, 0.29) is 31.0 Å². The minimum Gasteiger partial charge on any atom is -1.00 e. The summed E-state index contributed by atoms with van der Waals surface area (Å²) in [5.41, 5.74) is 3.10. The van der Waals surface area contributed by atoms with Gasteiger partial charge in [-0.3, -0.25) is 0 Å². The van der Waals surface area contributed by atoms with Crippen LogP contribution in [0, 0.1) is 0 Å². The van der Waals surface area contributed by atoms with E-state index in [1.807, 2.05) is 3.88 Å². The van der Waals surface area contributed by atoms with Crippen LogP contribution in [-0.4, -0.2) is 14.3 Å². The van der Waals surface area contributed by atoms with Gasteiger partial charge in [0.25, 0.3) is 0 Å². The molecule has 0 amide bonds. The summed E-state index contributed by atoms with van der Waals surface area (Å²) in [7, 11) is -1.21. The molecule has 0 bridgehead atoms. The molecule has 0 N–H and O–H groups in total. The van der Waals surface area contributed by atoms with Crippen LogP contribution in [0.3, 0.4) is 0 Å². The van der Waals surface area contributed by atoms with Crippen LogP contribution < -0.4 is 24.8 Å². The zero-order chi connectivity index (χ0) is 15.9. The van der Waals surface area contributed by atoms with E-state index in [1.165, 1.54) is 12.0 Å². The maximum atomic E-state index is 2.57. The molecule has 1 aromatic rings. The van der Waals surface area contributed by atoms with Gasteiger partial charge in [0.2, 0.25) is 0 Å². The van der Waals surface area contributed by atoms with Gasteiger partial charge in [-0.05, 0) is 0 Å². The van der Waals surface area contributed by atoms with E-state index < -0.39 is 24.7 Å². The van der Waals surface area contributed by atoms with Crippen LogP contribution in [-0.2, 0) is 16.6 Å². The van der Waals surface area contributed by atoms with Gasteiger partial charge >= 0.3 is 143 Å². The molecule has 0 nitrogen and oxygen atoms in total. The van der Waals surface area contributed by atoms with Gasteiger partial charge in [0, 0.05) is 0 Å². The predicted molar refractivity (Wildman–Crippen MR) is 99.8 cm³/mol. The molecule has 1 unspecified atom stereocenters. The number of rotatable bonds is 3. The predicted octanol–water partition coefficient (Wildman–Crippen LogP) is -0.277. The topological polar surface area (TPSA) is 0 Å². The summed E-state index contributed by atoms with van der Waals surface area (Å²) in [6, 6.07) is 9.08. The Morgan fingerprint density at radius 3 is 2.33 bits per heavy atom. The Labute approximate surface area is 167 Å². The average molecular weight is 429 g/mol. The van der Waals surface area contributed by atoms with Gasteiger partial charge in [0.15, 0.2) is 0 Å². The van der Waals surface area contributed by atoms with Crippen molar-refractivity contribution in [2.75, 3.05) is 0 Å². The Balaban J connectivity index is 0.00000144. The van der Waals surface area contributed by atoms with Crippen LogP contribution in [0.5, 0.6) is 0 Å². The van der Waals surface area contributed by atoms with Gasteiger partial charge in [-0.15, -0.1) is 0 Å². The fraction of sp³-hybridized carbons (Fsp3) is 0.368. The largest absolute Gasteiger partial charge is 1.00 e. The molecule has 24 heavy (non-hydrogen) atoms. The zero-order valence-electron chi connectivity index (χ0n) is 15.2. The van der Waals surface area contributed by atoms with Crippen LogP contribution in [0.4, 0.5) is 0 Å². The van der Waals surface area contributed by atoms with Crippen molar-refractivity contribution >= 4 is 20.3 Å². The standard InChI is InChI=1S/C9H7.C8H13Si.C2H6Si.2ClH.Ti/c1-2-5-9-7-3-6-8(9)4-1;1-9(2,3)8-6-4-5-7-8;1-3-2;;;/h1-7H;4,6H,5H2,1-3H3;1-2H3;2*1H;/q;;;;;+2/p-2. The summed E-state index contributed by atoms with van der Waals surface area (Å²) in [6.45, 7) is 12.7. The van der Waals surface area contributed by atoms with Crippen molar-refractivity contribution in [3.8, 4) is 0 Å². The molecule has 2 aliphatic carbocycles. The maximum Gasteiger partial charge on any atom is -1.00 e. The molecule has 1 atom stereocenters. The molecular weight excluding hydrogens is 403 g/mol. The maximum absolute atomic E-state index is 2.57. The van der Waals surface area contributed by atoms with Gasteiger partial charge in [0.05, 0.1) is 0 Å². The van der Waals surface area contributed by atoms with Gasteiger partial charge < -0.3 is 24.8 Å². The Morgan fingerprint density at radius 1 is 1.04 bits per heavy atom. The zero-order valence-corrected chi connectivity index (χ0v) is 20.2. The third-order valence-electron chi connectivity index (χ3n) is 4.71. The van der Waals surface area contributed by atoms with E-state index in [4.69, 9.17) is 0 Å². The monoisotopic (exact) mass is 428 g/mol. The Bertz CT molecular complexity index is 736. The third-order valence-corrected chi connectivity index (χ3v) is 19.4. The second-order valence-electron chi connectivity index (χ2n) is 7.63. The van der Waals surface area contributed by atoms with Crippen molar-refractivity contribution in [2.24, 2.45) is 0 Å². The van der Waals surface area contributed by atoms with E-state index in [1.54, 1.807) is 10.8 Å². The molecule has 0 spiro atoms. The molecule has 0 aromatic heterocycles. The molecule has 0 aliphatic heterocycles. The van der Waals surface area contributed by atoms with Gasteiger partial charge in [-0.1, -0.05) is 0 Å². The molecule has 0 saturated carbocycles. The van der Waals surface area contributed by atoms with Crippen LogP contribution in [0.2, 0.25) is 32.7 Å². The van der Waals surface area contributed by atoms with Gasteiger partial charge in [-0.25, -0.2) is 0 Å². The molecule has 1 aromatic carbocycles. The third kappa shape index (κ3) is 4.28. The van der Waals surface area contributed by atoms with E-state index >= 15 is 0 Å². The molecule has 0 saturated heterocycles. The quantitative estimate of drug-likeness (QED) is 0.581. The Morgan fingerprint density at radius 2 is 1.71 bits per heavy atom. The van der Waals surface area contributed by atoms with Crippen LogP contribution in [0.1, 0.15) is 21.8 Å². The van der Waals surface area contributed by atoms with Crippen molar-refractivity contribution in [2.45, 2.75) is 43.4 Å². The first-order chi connectivity index (χ1) is 10.4. The summed E-state index contributed by atoms with van der Waals surface area (Å²) in [4.78, 5) is 0. The fourth-order valence-electron chi connectivity index (χ4n) is 3.76. The summed E-state index contributed by atoms with van der Waals surface area (Å²) in [6.07, 6.45) is 10.9. The number of hydrogen-bond donors (Lipinski definition) is 0. The molecule has 2 aliphatic rings. The van der Waals surface area contributed by atoms with Crippen molar-refractivity contribution in [3.05, 3.63) is 62.7 Å². The summed E-state index contributed by atoms with van der Waals surface area (Å²) >= 11 is -1.28. The normalized spacial score (nSPS) is 17.8. The van der Waals surface area contributed by atoms with Crippen LogP contribution >= 0.6 is 0 Å². The first-order valence-electron chi connectivity index (χ1n) is 8.24. The first kappa shape index (κ1) is 22.2. The molecule has 0 heterocycles. The molecule has 128 valence electrons. The van der Waals surface area contributed by atoms with Crippen molar-refractivity contribution in [1.82, 2.24) is 0 Å². The second-order valence-corrected chi connectivity index (χ2v) is 24.8. The number of allylic oxidation sites excluding steroid dienone is 5. The number of halogens is 2. The summed E-state index contributed by atoms with van der Waals surface area (Å²) < 4.78 is 2.70. The summed E-state index contributed by atoms with van der Waals surface area (Å²) in [5, 5.41) is 1.80. The van der Waals surface area contributed by atoms with E-state index in [2.05, 4.69) is 81.3 Å². The first-order valence-corrected chi connectivity index (χ1v) is 18.3. The molecule has 3 rings (SSSR count). The van der Waals surface area contributed by atoms with Crippen LogP contribution in [0.25, 0.3) is 6.08 Å². The summed E-state index contributed by atoms with van der Waals surface area (Å²) in [5.74, 6) is 0. The number of hydrogen-bond acceptors (Lipinski definition) is 0. The Hall–Kier alpha value is 0.168. The molecule has 0 radical (unpaired) electrons. The minimum atomic E-state index is -1.28. The van der Waals surface area contributed by atoms with Crippen molar-refractivity contribution in [1.29, 1.82) is 0 Å². The smallest absolute Gasteiger partial charge is 1.00 e. The van der Waals surface area contributed by atoms with Crippen LogP contribution in [0.15, 0.2) is 51.6 Å². The van der Waals surface area contributed by atoms with Crippen molar-refractivity contribution < 1.29 is 41.4 Å². The van der Waals surface area contributed by atoms with Gasteiger partial charge in [0.1, 0.15) is 0 Å². The fourth-order valence-corrected chi connectivity index (χ4v) is 20.2. The molecular formula is C19H26Cl2Si2Ti. The second kappa shape index (κ2) is 8.70. The molecule has 0 fully saturated rings.